The number of benzene rings is 2. The quantitative estimate of drug-likeness (QED) is 0.776. The van der Waals surface area contributed by atoms with E-state index in [1.807, 2.05) is 43.3 Å². The summed E-state index contributed by atoms with van der Waals surface area (Å²) in [5.41, 5.74) is 8.50. The fourth-order valence-electron chi connectivity index (χ4n) is 2.34. The fraction of sp³-hybridized carbons (Fsp3) is 0.235. The van der Waals surface area contributed by atoms with E-state index in [0.29, 0.717) is 6.61 Å². The van der Waals surface area contributed by atoms with E-state index >= 15 is 0 Å². The lowest BCUT2D eigenvalue weighted by Gasteiger charge is -2.13. The summed E-state index contributed by atoms with van der Waals surface area (Å²) in [6.45, 7) is 2.65. The van der Waals surface area contributed by atoms with Crippen molar-refractivity contribution in [2.45, 2.75) is 19.4 Å². The Labute approximate surface area is 128 Å². The van der Waals surface area contributed by atoms with Gasteiger partial charge < -0.3 is 10.5 Å². The smallest absolute Gasteiger partial charge is 0.122 e. The van der Waals surface area contributed by atoms with Gasteiger partial charge in [-0.2, -0.15) is 0 Å². The summed E-state index contributed by atoms with van der Waals surface area (Å²) in [5, 5.41) is 0.975. The third-order valence-corrected chi connectivity index (χ3v) is 4.51. The van der Waals surface area contributed by atoms with Crippen LogP contribution in [0.5, 0.6) is 5.75 Å². The van der Waals surface area contributed by atoms with Crippen LogP contribution >= 0.6 is 11.3 Å². The van der Waals surface area contributed by atoms with Gasteiger partial charge >= 0.3 is 0 Å². The second-order valence-electron chi connectivity index (χ2n) is 4.87. The zero-order chi connectivity index (χ0) is 14.7. The Morgan fingerprint density at radius 3 is 2.71 bits per heavy atom. The highest BCUT2D eigenvalue weighted by molar-refractivity contribution is 7.18. The molecule has 0 aliphatic carbocycles. The Bertz CT molecular complexity index is 705. The maximum absolute atomic E-state index is 6.35. The zero-order valence-electron chi connectivity index (χ0n) is 12.0. The molecule has 0 bridgehead atoms. The summed E-state index contributed by atoms with van der Waals surface area (Å²) < 4.78 is 6.84. The topological polar surface area (TPSA) is 48.1 Å². The van der Waals surface area contributed by atoms with Gasteiger partial charge in [0.1, 0.15) is 10.8 Å². The van der Waals surface area contributed by atoms with Crippen LogP contribution in [0.4, 0.5) is 0 Å². The minimum absolute atomic E-state index is 0.107. The molecule has 0 radical (unpaired) electrons. The van der Waals surface area contributed by atoms with Gasteiger partial charge in [0.05, 0.1) is 22.9 Å². The van der Waals surface area contributed by atoms with Gasteiger partial charge in [-0.1, -0.05) is 30.3 Å². The lowest BCUT2D eigenvalue weighted by atomic mass is 10.1. The minimum Gasteiger partial charge on any atom is -0.494 e. The maximum atomic E-state index is 6.35. The number of para-hydroxylation sites is 2. The van der Waals surface area contributed by atoms with Gasteiger partial charge in [-0.25, -0.2) is 4.98 Å². The first-order chi connectivity index (χ1) is 10.3. The molecule has 1 heterocycles. The van der Waals surface area contributed by atoms with Crippen LogP contribution < -0.4 is 10.5 Å². The molecule has 1 unspecified atom stereocenters. The molecular weight excluding hydrogens is 280 g/mol. The van der Waals surface area contributed by atoms with Gasteiger partial charge in [-0.05, 0) is 37.1 Å². The number of nitrogens with two attached hydrogens (primary N) is 1. The molecule has 3 rings (SSSR count). The van der Waals surface area contributed by atoms with Crippen molar-refractivity contribution in [3.63, 3.8) is 0 Å². The van der Waals surface area contributed by atoms with Crippen molar-refractivity contribution in [2.75, 3.05) is 6.61 Å². The van der Waals surface area contributed by atoms with Crippen molar-refractivity contribution in [1.82, 2.24) is 4.98 Å². The average molecular weight is 298 g/mol. The van der Waals surface area contributed by atoms with Crippen molar-refractivity contribution >= 4 is 21.6 Å². The molecule has 21 heavy (non-hydrogen) atoms. The van der Waals surface area contributed by atoms with E-state index in [9.17, 15) is 0 Å². The largest absolute Gasteiger partial charge is 0.494 e. The lowest BCUT2D eigenvalue weighted by molar-refractivity contribution is 0.335. The number of rotatable bonds is 5. The SMILES string of the molecule is CCOc1ccccc1CC(N)c1nc2ccccc2s1. The molecule has 1 aromatic heterocycles. The summed E-state index contributed by atoms with van der Waals surface area (Å²) in [5.74, 6) is 0.913. The first kappa shape index (κ1) is 14.0. The molecule has 3 nitrogen and oxygen atoms in total. The Morgan fingerprint density at radius 1 is 1.14 bits per heavy atom. The molecule has 1 atom stereocenters. The molecule has 4 heteroatoms. The van der Waals surface area contributed by atoms with E-state index in [2.05, 4.69) is 17.1 Å². The third-order valence-electron chi connectivity index (χ3n) is 3.34. The van der Waals surface area contributed by atoms with Crippen molar-refractivity contribution in [2.24, 2.45) is 5.73 Å². The molecule has 3 aromatic rings. The summed E-state index contributed by atoms with van der Waals surface area (Å²) in [4.78, 5) is 4.64. The first-order valence-corrected chi connectivity index (χ1v) is 7.91. The second kappa shape index (κ2) is 6.24. The number of hydrogen-bond acceptors (Lipinski definition) is 4. The number of nitrogens with zero attached hydrogens (tertiary/aromatic N) is 1. The summed E-state index contributed by atoms with van der Waals surface area (Å²) >= 11 is 1.67. The van der Waals surface area contributed by atoms with Crippen LogP contribution in [-0.4, -0.2) is 11.6 Å². The van der Waals surface area contributed by atoms with Crippen molar-refractivity contribution in [1.29, 1.82) is 0 Å². The van der Waals surface area contributed by atoms with E-state index in [1.165, 1.54) is 4.70 Å². The highest BCUT2D eigenvalue weighted by atomic mass is 32.1. The molecule has 0 spiro atoms. The lowest BCUT2D eigenvalue weighted by Crippen LogP contribution is -2.13. The molecule has 0 amide bonds. The monoisotopic (exact) mass is 298 g/mol. The van der Waals surface area contributed by atoms with Gasteiger partial charge in [0.2, 0.25) is 0 Å². The van der Waals surface area contributed by atoms with Crippen LogP contribution in [0.1, 0.15) is 23.5 Å². The summed E-state index contributed by atoms with van der Waals surface area (Å²) in [7, 11) is 0. The van der Waals surface area contributed by atoms with Crippen molar-refractivity contribution in [3.8, 4) is 5.75 Å². The highest BCUT2D eigenvalue weighted by Gasteiger charge is 2.14. The van der Waals surface area contributed by atoms with E-state index in [4.69, 9.17) is 10.5 Å². The number of ether oxygens (including phenoxy) is 1. The standard InChI is InChI=1S/C17H18N2OS/c1-2-20-15-9-5-3-7-12(15)11-13(18)17-19-14-8-4-6-10-16(14)21-17/h3-10,13H,2,11,18H2,1H3. The molecule has 0 fully saturated rings. The van der Waals surface area contributed by atoms with Gasteiger partial charge in [0.15, 0.2) is 0 Å². The Kier molecular flexibility index (Phi) is 4.18. The molecular formula is C17H18N2OS. The van der Waals surface area contributed by atoms with Crippen LogP contribution in [0.15, 0.2) is 48.5 Å². The van der Waals surface area contributed by atoms with E-state index in [0.717, 1.165) is 28.3 Å². The first-order valence-electron chi connectivity index (χ1n) is 7.09. The van der Waals surface area contributed by atoms with Crippen LogP contribution in [-0.2, 0) is 6.42 Å². The molecule has 2 aromatic carbocycles. The molecule has 0 aliphatic heterocycles. The van der Waals surface area contributed by atoms with Crippen molar-refractivity contribution < 1.29 is 4.74 Å². The van der Waals surface area contributed by atoms with E-state index in [-0.39, 0.29) is 6.04 Å². The molecule has 0 saturated heterocycles. The summed E-state index contributed by atoms with van der Waals surface area (Å²) in [6.07, 6.45) is 0.732. The predicted octanol–water partition coefficient (Wildman–Crippen LogP) is 3.94. The van der Waals surface area contributed by atoms with Crippen LogP contribution in [0.2, 0.25) is 0 Å². The third kappa shape index (κ3) is 3.06. The van der Waals surface area contributed by atoms with Crippen LogP contribution in [0.25, 0.3) is 10.2 Å². The van der Waals surface area contributed by atoms with Gasteiger partial charge in [0.25, 0.3) is 0 Å². The summed E-state index contributed by atoms with van der Waals surface area (Å²) in [6, 6.07) is 16.1. The van der Waals surface area contributed by atoms with Crippen LogP contribution in [0, 0.1) is 0 Å². The fourth-order valence-corrected chi connectivity index (χ4v) is 3.31. The van der Waals surface area contributed by atoms with Crippen LogP contribution in [0.3, 0.4) is 0 Å². The van der Waals surface area contributed by atoms with Gasteiger partial charge in [0, 0.05) is 0 Å². The maximum Gasteiger partial charge on any atom is 0.122 e. The number of hydrogen-bond donors (Lipinski definition) is 1. The molecule has 0 aliphatic rings. The number of thiazole rings is 1. The molecule has 2 N–H and O–H groups in total. The van der Waals surface area contributed by atoms with E-state index in [1.54, 1.807) is 11.3 Å². The normalized spacial score (nSPS) is 12.5. The van der Waals surface area contributed by atoms with Gasteiger partial charge in [-0.3, -0.25) is 0 Å². The highest BCUT2D eigenvalue weighted by Crippen LogP contribution is 2.29. The van der Waals surface area contributed by atoms with Gasteiger partial charge in [-0.15, -0.1) is 11.3 Å². The Hall–Kier alpha value is -1.91. The number of fused-ring (bicyclic) bond motifs is 1. The van der Waals surface area contributed by atoms with Crippen molar-refractivity contribution in [3.05, 3.63) is 59.1 Å². The predicted molar refractivity (Wildman–Crippen MR) is 87.9 cm³/mol. The van der Waals surface area contributed by atoms with E-state index < -0.39 is 0 Å². The molecule has 108 valence electrons. The number of aromatic nitrogens is 1. The second-order valence-corrected chi connectivity index (χ2v) is 5.93. The Balaban J connectivity index is 1.84. The minimum atomic E-state index is -0.107. The zero-order valence-corrected chi connectivity index (χ0v) is 12.8. The molecule has 0 saturated carbocycles. The average Bonchev–Trinajstić information content (AvgIpc) is 2.93. The Morgan fingerprint density at radius 2 is 1.90 bits per heavy atom.